The number of carbonyl (C=O) groups excluding carboxylic acids is 1. The van der Waals surface area contributed by atoms with Gasteiger partial charge in [-0.2, -0.15) is 0 Å². The van der Waals surface area contributed by atoms with Crippen LogP contribution in [0.25, 0.3) is 10.2 Å². The Bertz CT molecular complexity index is 639. The quantitative estimate of drug-likeness (QED) is 0.677. The van der Waals surface area contributed by atoms with Crippen LogP contribution in [-0.2, 0) is 22.4 Å². The van der Waals surface area contributed by atoms with E-state index in [0.29, 0.717) is 13.0 Å². The number of thiophene rings is 1. The number of aryl methyl sites for hydroxylation is 2. The monoisotopic (exact) mass is 291 g/mol. The predicted octanol–water partition coefficient (Wildman–Crippen LogP) is 2.55. The molecule has 0 bridgehead atoms. The molecular formula is C14H17N3O2S. The van der Waals surface area contributed by atoms with Crippen molar-refractivity contribution in [2.45, 2.75) is 32.1 Å². The van der Waals surface area contributed by atoms with Crippen LogP contribution >= 0.6 is 11.3 Å². The molecule has 0 fully saturated rings. The van der Waals surface area contributed by atoms with Crippen LogP contribution in [0.2, 0.25) is 0 Å². The van der Waals surface area contributed by atoms with Crippen molar-refractivity contribution in [2.75, 3.05) is 19.0 Å². The number of hydrogen-bond acceptors (Lipinski definition) is 6. The van der Waals surface area contributed by atoms with E-state index in [-0.39, 0.29) is 5.97 Å². The van der Waals surface area contributed by atoms with Gasteiger partial charge in [0.1, 0.15) is 17.0 Å². The summed E-state index contributed by atoms with van der Waals surface area (Å²) in [5.41, 5.74) is 1.42. The smallest absolute Gasteiger partial charge is 0.305 e. The zero-order valence-corrected chi connectivity index (χ0v) is 12.3. The summed E-state index contributed by atoms with van der Waals surface area (Å²) in [6.07, 6.45) is 6.30. The summed E-state index contributed by atoms with van der Waals surface area (Å²) in [4.78, 5) is 22.3. The summed E-state index contributed by atoms with van der Waals surface area (Å²) < 4.78 is 4.63. The summed E-state index contributed by atoms with van der Waals surface area (Å²) in [5, 5.41) is 4.51. The minimum Gasteiger partial charge on any atom is -0.469 e. The Balaban J connectivity index is 1.73. The van der Waals surface area contributed by atoms with E-state index < -0.39 is 0 Å². The van der Waals surface area contributed by atoms with Crippen molar-refractivity contribution in [3.8, 4) is 0 Å². The summed E-state index contributed by atoms with van der Waals surface area (Å²) in [6.45, 7) is 0.714. The fourth-order valence-electron chi connectivity index (χ4n) is 2.60. The van der Waals surface area contributed by atoms with Gasteiger partial charge in [-0.1, -0.05) is 0 Å². The van der Waals surface area contributed by atoms with Crippen molar-refractivity contribution >= 4 is 33.3 Å². The third-order valence-electron chi connectivity index (χ3n) is 3.58. The molecule has 0 spiro atoms. The van der Waals surface area contributed by atoms with Gasteiger partial charge in [0.15, 0.2) is 0 Å². The fourth-order valence-corrected chi connectivity index (χ4v) is 3.83. The number of anilines is 1. The number of esters is 1. The van der Waals surface area contributed by atoms with Crippen LogP contribution in [-0.4, -0.2) is 29.6 Å². The Morgan fingerprint density at radius 2 is 2.35 bits per heavy atom. The molecule has 0 radical (unpaired) electrons. The lowest BCUT2D eigenvalue weighted by Gasteiger charge is -2.07. The first kappa shape index (κ1) is 13.3. The summed E-state index contributed by atoms with van der Waals surface area (Å²) in [6, 6.07) is 0. The van der Waals surface area contributed by atoms with Crippen LogP contribution in [0.15, 0.2) is 6.33 Å². The van der Waals surface area contributed by atoms with Gasteiger partial charge in [-0.15, -0.1) is 11.3 Å². The van der Waals surface area contributed by atoms with Gasteiger partial charge in [-0.25, -0.2) is 9.97 Å². The first-order valence-electron chi connectivity index (χ1n) is 6.85. The third-order valence-corrected chi connectivity index (χ3v) is 4.78. The SMILES string of the molecule is COC(=O)CCCNc1ncnc2sc3c(c12)CCC3. The molecule has 5 nitrogen and oxygen atoms in total. The molecule has 2 aromatic heterocycles. The zero-order valence-electron chi connectivity index (χ0n) is 11.4. The molecule has 2 heterocycles. The maximum atomic E-state index is 11.1. The maximum Gasteiger partial charge on any atom is 0.305 e. The largest absolute Gasteiger partial charge is 0.469 e. The standard InChI is InChI=1S/C14H17N3O2S/c1-19-11(18)6-3-7-15-13-12-9-4-2-5-10(9)20-14(12)17-8-16-13/h8H,2-7H2,1H3,(H,15,16,17). The molecule has 1 N–H and O–H groups in total. The van der Waals surface area contributed by atoms with Crippen molar-refractivity contribution in [2.24, 2.45) is 0 Å². The third kappa shape index (κ3) is 2.47. The second-order valence-electron chi connectivity index (χ2n) is 4.87. The van der Waals surface area contributed by atoms with Gasteiger partial charge < -0.3 is 10.1 Å². The first-order valence-corrected chi connectivity index (χ1v) is 7.67. The van der Waals surface area contributed by atoms with Crippen molar-refractivity contribution in [1.82, 2.24) is 9.97 Å². The van der Waals surface area contributed by atoms with Gasteiger partial charge in [0.2, 0.25) is 0 Å². The highest BCUT2D eigenvalue weighted by Gasteiger charge is 2.20. The number of nitrogens with one attached hydrogen (secondary N) is 1. The van der Waals surface area contributed by atoms with E-state index in [0.717, 1.165) is 29.9 Å². The molecule has 0 atom stereocenters. The highest BCUT2D eigenvalue weighted by Crippen LogP contribution is 2.38. The van der Waals surface area contributed by atoms with Crippen LogP contribution in [0.5, 0.6) is 0 Å². The number of methoxy groups -OCH3 is 1. The molecule has 0 aliphatic heterocycles. The number of carbonyl (C=O) groups is 1. The highest BCUT2D eigenvalue weighted by molar-refractivity contribution is 7.19. The van der Waals surface area contributed by atoms with Gasteiger partial charge in [0.05, 0.1) is 12.5 Å². The van der Waals surface area contributed by atoms with Gasteiger partial charge in [-0.3, -0.25) is 4.79 Å². The number of rotatable bonds is 5. The topological polar surface area (TPSA) is 64.1 Å². The van der Waals surface area contributed by atoms with Gasteiger partial charge >= 0.3 is 5.97 Å². The molecule has 0 amide bonds. The molecule has 2 aromatic rings. The molecule has 6 heteroatoms. The van der Waals surface area contributed by atoms with E-state index in [1.807, 2.05) is 0 Å². The lowest BCUT2D eigenvalue weighted by Crippen LogP contribution is -2.08. The summed E-state index contributed by atoms with van der Waals surface area (Å²) >= 11 is 1.78. The van der Waals surface area contributed by atoms with Gasteiger partial charge in [0.25, 0.3) is 0 Å². The average Bonchev–Trinajstić information content (AvgIpc) is 3.03. The van der Waals surface area contributed by atoms with Gasteiger partial charge in [0, 0.05) is 17.8 Å². The summed E-state index contributed by atoms with van der Waals surface area (Å²) in [5.74, 6) is 0.732. The first-order chi connectivity index (χ1) is 9.79. The molecule has 1 aliphatic rings. The van der Waals surface area contributed by atoms with Crippen molar-refractivity contribution < 1.29 is 9.53 Å². The second-order valence-corrected chi connectivity index (χ2v) is 5.95. The number of hydrogen-bond donors (Lipinski definition) is 1. The van der Waals surface area contributed by atoms with Crippen LogP contribution < -0.4 is 5.32 Å². The number of fused-ring (bicyclic) bond motifs is 3. The average molecular weight is 291 g/mol. The lowest BCUT2D eigenvalue weighted by molar-refractivity contribution is -0.140. The van der Waals surface area contributed by atoms with Gasteiger partial charge in [-0.05, 0) is 31.2 Å². The van der Waals surface area contributed by atoms with Crippen molar-refractivity contribution in [3.05, 3.63) is 16.8 Å². The van der Waals surface area contributed by atoms with Crippen molar-refractivity contribution in [3.63, 3.8) is 0 Å². The van der Waals surface area contributed by atoms with E-state index in [2.05, 4.69) is 20.0 Å². The van der Waals surface area contributed by atoms with E-state index in [4.69, 9.17) is 0 Å². The van der Waals surface area contributed by atoms with Crippen LogP contribution in [0, 0.1) is 0 Å². The van der Waals surface area contributed by atoms with E-state index in [1.165, 1.54) is 29.4 Å². The maximum absolute atomic E-state index is 11.1. The van der Waals surface area contributed by atoms with Crippen LogP contribution in [0.1, 0.15) is 29.7 Å². The molecular weight excluding hydrogens is 274 g/mol. The fraction of sp³-hybridized carbons (Fsp3) is 0.500. The molecule has 3 rings (SSSR count). The van der Waals surface area contributed by atoms with E-state index in [9.17, 15) is 4.79 Å². The Morgan fingerprint density at radius 3 is 3.20 bits per heavy atom. The van der Waals surface area contributed by atoms with E-state index in [1.54, 1.807) is 17.7 Å². The Kier molecular flexibility index (Phi) is 3.82. The number of aromatic nitrogens is 2. The Hall–Kier alpha value is -1.69. The molecule has 0 unspecified atom stereocenters. The number of ether oxygens (including phenoxy) is 1. The number of nitrogens with zero attached hydrogens (tertiary/aromatic N) is 2. The lowest BCUT2D eigenvalue weighted by atomic mass is 10.2. The van der Waals surface area contributed by atoms with E-state index >= 15 is 0 Å². The Morgan fingerprint density at radius 1 is 1.45 bits per heavy atom. The zero-order chi connectivity index (χ0) is 13.9. The predicted molar refractivity (Wildman–Crippen MR) is 79.2 cm³/mol. The minimum atomic E-state index is -0.170. The van der Waals surface area contributed by atoms with Crippen LogP contribution in [0.3, 0.4) is 0 Å². The van der Waals surface area contributed by atoms with Crippen molar-refractivity contribution in [1.29, 1.82) is 0 Å². The minimum absolute atomic E-state index is 0.170. The van der Waals surface area contributed by atoms with Crippen LogP contribution in [0.4, 0.5) is 5.82 Å². The molecule has 1 aliphatic carbocycles. The normalized spacial score (nSPS) is 13.4. The highest BCUT2D eigenvalue weighted by atomic mass is 32.1. The molecule has 106 valence electrons. The second kappa shape index (κ2) is 5.75. The molecule has 0 saturated heterocycles. The molecule has 0 aromatic carbocycles. The molecule has 0 saturated carbocycles. The summed E-state index contributed by atoms with van der Waals surface area (Å²) in [7, 11) is 1.42. The Labute approximate surface area is 121 Å². The molecule has 20 heavy (non-hydrogen) atoms.